The fraction of sp³-hybridized carbons (Fsp3) is 0.500. The van der Waals surface area contributed by atoms with Gasteiger partial charge in [0.15, 0.2) is 0 Å². The Morgan fingerprint density at radius 2 is 1.95 bits per heavy atom. The molecule has 0 aliphatic heterocycles. The molecule has 6 heteroatoms. The molecular weight excluding hydrogens is 271 g/mol. The van der Waals surface area contributed by atoms with Crippen LogP contribution in [-0.2, 0) is 14.9 Å². The number of alkyl halides is 3. The minimum atomic E-state index is -4.35. The van der Waals surface area contributed by atoms with Crippen molar-refractivity contribution in [3.8, 4) is 0 Å². The van der Waals surface area contributed by atoms with Gasteiger partial charge in [0.2, 0.25) is 0 Å². The monoisotopic (exact) mass is 289 g/mol. The normalized spacial score (nSPS) is 14.7. The van der Waals surface area contributed by atoms with Crippen molar-refractivity contribution in [2.75, 3.05) is 13.7 Å². The van der Waals surface area contributed by atoms with Crippen LogP contribution in [0, 0.1) is 6.92 Å². The molecule has 1 aromatic rings. The Labute approximate surface area is 115 Å². The average molecular weight is 289 g/mol. The van der Waals surface area contributed by atoms with Gasteiger partial charge in [-0.2, -0.15) is 13.2 Å². The molecule has 20 heavy (non-hydrogen) atoms. The van der Waals surface area contributed by atoms with E-state index < -0.39 is 30.4 Å². The molecule has 0 fully saturated rings. The van der Waals surface area contributed by atoms with Gasteiger partial charge in [0.05, 0.1) is 7.11 Å². The molecule has 0 aliphatic carbocycles. The Morgan fingerprint density at radius 3 is 2.40 bits per heavy atom. The molecule has 0 radical (unpaired) electrons. The fourth-order valence-corrected chi connectivity index (χ4v) is 2.16. The number of methoxy groups -OCH3 is 1. The second kappa shape index (κ2) is 6.26. The summed E-state index contributed by atoms with van der Waals surface area (Å²) in [6.45, 7) is 1.56. The van der Waals surface area contributed by atoms with E-state index in [-0.39, 0.29) is 6.54 Å². The number of rotatable bonds is 5. The topological polar surface area (TPSA) is 52.3 Å². The van der Waals surface area contributed by atoms with Gasteiger partial charge >= 0.3 is 12.1 Å². The number of ether oxygens (including phenoxy) is 1. The average Bonchev–Trinajstić information content (AvgIpc) is 2.38. The van der Waals surface area contributed by atoms with Gasteiger partial charge < -0.3 is 10.5 Å². The Morgan fingerprint density at radius 1 is 1.30 bits per heavy atom. The van der Waals surface area contributed by atoms with Gasteiger partial charge in [0.1, 0.15) is 5.41 Å². The van der Waals surface area contributed by atoms with Crippen molar-refractivity contribution < 1.29 is 22.7 Å². The Hall–Kier alpha value is -1.56. The van der Waals surface area contributed by atoms with Crippen LogP contribution in [0.2, 0.25) is 0 Å². The molecule has 0 aromatic heterocycles. The van der Waals surface area contributed by atoms with Gasteiger partial charge in [-0.15, -0.1) is 0 Å². The van der Waals surface area contributed by atoms with E-state index in [1.807, 2.05) is 0 Å². The van der Waals surface area contributed by atoms with Crippen molar-refractivity contribution in [1.82, 2.24) is 0 Å². The molecule has 0 saturated carbocycles. The summed E-state index contributed by atoms with van der Waals surface area (Å²) in [5, 5.41) is 0. The lowest BCUT2D eigenvalue weighted by Gasteiger charge is -2.30. The van der Waals surface area contributed by atoms with Crippen LogP contribution in [0.4, 0.5) is 13.2 Å². The highest BCUT2D eigenvalue weighted by Gasteiger charge is 2.43. The number of hydrogen-bond donors (Lipinski definition) is 1. The van der Waals surface area contributed by atoms with Crippen molar-refractivity contribution >= 4 is 5.97 Å². The summed E-state index contributed by atoms with van der Waals surface area (Å²) < 4.78 is 42.2. The maximum Gasteiger partial charge on any atom is 0.389 e. The predicted octanol–water partition coefficient (Wildman–Crippen LogP) is 2.71. The van der Waals surface area contributed by atoms with E-state index in [9.17, 15) is 18.0 Å². The molecule has 1 rings (SSSR count). The largest absolute Gasteiger partial charge is 0.468 e. The van der Waals surface area contributed by atoms with Crippen LogP contribution in [0.1, 0.15) is 24.0 Å². The zero-order valence-electron chi connectivity index (χ0n) is 11.5. The number of nitrogens with two attached hydrogens (primary N) is 1. The van der Waals surface area contributed by atoms with E-state index >= 15 is 0 Å². The van der Waals surface area contributed by atoms with E-state index in [4.69, 9.17) is 5.73 Å². The molecule has 1 aromatic carbocycles. The number of carbonyl (C=O) groups is 1. The maximum absolute atomic E-state index is 12.5. The lowest BCUT2D eigenvalue weighted by atomic mass is 9.76. The van der Waals surface area contributed by atoms with Crippen LogP contribution in [0.15, 0.2) is 24.3 Å². The van der Waals surface area contributed by atoms with Crippen LogP contribution in [0.5, 0.6) is 0 Å². The van der Waals surface area contributed by atoms with Crippen LogP contribution in [-0.4, -0.2) is 25.8 Å². The van der Waals surface area contributed by atoms with E-state index in [0.717, 1.165) is 12.7 Å². The highest BCUT2D eigenvalue weighted by molar-refractivity contribution is 5.83. The molecule has 0 heterocycles. The van der Waals surface area contributed by atoms with E-state index in [1.54, 1.807) is 31.2 Å². The third-order valence-electron chi connectivity index (χ3n) is 3.33. The molecule has 1 unspecified atom stereocenters. The number of aryl methyl sites for hydroxylation is 1. The van der Waals surface area contributed by atoms with Crippen LogP contribution in [0.3, 0.4) is 0 Å². The summed E-state index contributed by atoms with van der Waals surface area (Å²) in [5.74, 6) is -0.741. The lowest BCUT2D eigenvalue weighted by Crippen LogP contribution is -2.44. The third-order valence-corrected chi connectivity index (χ3v) is 3.33. The minimum Gasteiger partial charge on any atom is -0.468 e. The lowest BCUT2D eigenvalue weighted by molar-refractivity contribution is -0.154. The zero-order valence-corrected chi connectivity index (χ0v) is 11.5. The molecule has 112 valence electrons. The highest BCUT2D eigenvalue weighted by Crippen LogP contribution is 2.35. The molecule has 3 nitrogen and oxygen atoms in total. The van der Waals surface area contributed by atoms with Gasteiger partial charge in [-0.1, -0.05) is 29.8 Å². The molecule has 0 spiro atoms. The minimum absolute atomic E-state index is 0.237. The zero-order chi connectivity index (χ0) is 15.4. The fourth-order valence-electron chi connectivity index (χ4n) is 2.16. The van der Waals surface area contributed by atoms with Crippen molar-refractivity contribution in [3.63, 3.8) is 0 Å². The summed E-state index contributed by atoms with van der Waals surface area (Å²) in [6.07, 6.45) is -5.87. The second-order valence-corrected chi connectivity index (χ2v) is 4.76. The number of halogens is 3. The first-order valence-electron chi connectivity index (χ1n) is 6.17. The molecule has 0 aliphatic rings. The smallest absolute Gasteiger partial charge is 0.389 e. The molecule has 0 bridgehead atoms. The van der Waals surface area contributed by atoms with Gasteiger partial charge in [-0.3, -0.25) is 4.79 Å². The van der Waals surface area contributed by atoms with Gasteiger partial charge in [0, 0.05) is 13.0 Å². The molecular formula is C14H18F3NO2. The SMILES string of the molecule is COC(=O)C(CN)(CCC(F)(F)F)c1cccc(C)c1. The van der Waals surface area contributed by atoms with Gasteiger partial charge in [-0.05, 0) is 18.9 Å². The van der Waals surface area contributed by atoms with Crippen LogP contribution >= 0.6 is 0 Å². The summed E-state index contributed by atoms with van der Waals surface area (Å²) in [5.41, 5.74) is 5.46. The number of carbonyl (C=O) groups excluding carboxylic acids is 1. The first-order valence-corrected chi connectivity index (χ1v) is 6.17. The summed E-state index contributed by atoms with van der Waals surface area (Å²) in [7, 11) is 1.15. The molecule has 2 N–H and O–H groups in total. The second-order valence-electron chi connectivity index (χ2n) is 4.76. The van der Waals surface area contributed by atoms with Crippen molar-refractivity contribution in [1.29, 1.82) is 0 Å². The van der Waals surface area contributed by atoms with E-state index in [0.29, 0.717) is 5.56 Å². The van der Waals surface area contributed by atoms with Crippen LogP contribution in [0.25, 0.3) is 0 Å². The van der Waals surface area contributed by atoms with Crippen LogP contribution < -0.4 is 5.73 Å². The standard InChI is InChI=1S/C14H18F3NO2/c1-10-4-3-5-11(8-10)13(9-18,12(19)20-2)6-7-14(15,16)17/h3-5,8H,6-7,9,18H2,1-2H3. The van der Waals surface area contributed by atoms with E-state index in [1.165, 1.54) is 0 Å². The Bertz CT molecular complexity index is 474. The Kier molecular flexibility index (Phi) is 5.16. The van der Waals surface area contributed by atoms with E-state index in [2.05, 4.69) is 4.74 Å². The number of benzene rings is 1. The number of esters is 1. The van der Waals surface area contributed by atoms with Gasteiger partial charge in [0.25, 0.3) is 0 Å². The quantitative estimate of drug-likeness (QED) is 0.848. The molecule has 0 amide bonds. The first-order chi connectivity index (χ1) is 9.25. The summed E-state index contributed by atoms with van der Waals surface area (Å²) in [6, 6.07) is 6.75. The van der Waals surface area contributed by atoms with Crippen molar-refractivity contribution in [2.24, 2.45) is 5.73 Å². The highest BCUT2D eigenvalue weighted by atomic mass is 19.4. The Balaban J connectivity index is 3.21. The molecule has 1 atom stereocenters. The molecule has 0 saturated heterocycles. The van der Waals surface area contributed by atoms with Crippen molar-refractivity contribution in [3.05, 3.63) is 35.4 Å². The first kappa shape index (κ1) is 16.5. The predicted molar refractivity (Wildman–Crippen MR) is 69.2 cm³/mol. The third kappa shape index (κ3) is 3.72. The number of hydrogen-bond acceptors (Lipinski definition) is 3. The summed E-state index contributed by atoms with van der Waals surface area (Å²) >= 11 is 0. The van der Waals surface area contributed by atoms with Crippen molar-refractivity contribution in [2.45, 2.75) is 31.4 Å². The summed E-state index contributed by atoms with van der Waals surface area (Å²) in [4.78, 5) is 12.0. The van der Waals surface area contributed by atoms with Gasteiger partial charge in [-0.25, -0.2) is 0 Å². The maximum atomic E-state index is 12.5.